The highest BCUT2D eigenvalue weighted by molar-refractivity contribution is 7.90. The minimum atomic E-state index is -3.91. The van der Waals surface area contributed by atoms with Crippen LogP contribution >= 0.6 is 0 Å². The molecule has 1 rings (SSSR count). The largest absolute Gasteiger partial charge is 0.298 e. The van der Waals surface area contributed by atoms with E-state index in [2.05, 4.69) is 4.72 Å². The van der Waals surface area contributed by atoms with E-state index >= 15 is 0 Å². The second-order valence-electron chi connectivity index (χ2n) is 3.23. The molecule has 0 amide bonds. The lowest BCUT2D eigenvalue weighted by molar-refractivity contribution is 0.112. The molecule has 9 heteroatoms. The van der Waals surface area contributed by atoms with Crippen molar-refractivity contribution in [1.82, 2.24) is 9.44 Å². The third-order valence-corrected chi connectivity index (χ3v) is 5.13. The molecule has 0 atom stereocenters. The van der Waals surface area contributed by atoms with Crippen LogP contribution in [-0.2, 0) is 20.0 Å². The number of carbonyl (C=O) groups excluding carboxylic acids is 1. The van der Waals surface area contributed by atoms with Crippen LogP contribution in [-0.4, -0.2) is 37.2 Å². The van der Waals surface area contributed by atoms with E-state index in [0.717, 1.165) is 18.2 Å². The van der Waals surface area contributed by atoms with Crippen LogP contribution in [0.15, 0.2) is 28.0 Å². The highest BCUT2D eigenvalue weighted by Gasteiger charge is 2.20. The summed E-state index contributed by atoms with van der Waals surface area (Å²) in [5, 5.41) is 0. The molecule has 0 bridgehead atoms. The zero-order chi connectivity index (χ0) is 14.0. The average molecular weight is 292 g/mol. The molecule has 2 N–H and O–H groups in total. The Balaban J connectivity index is 3.60. The molecule has 1 aromatic rings. The number of hydrogen-bond donors (Lipinski definition) is 2. The van der Waals surface area contributed by atoms with Gasteiger partial charge in [-0.3, -0.25) is 4.79 Å². The highest BCUT2D eigenvalue weighted by atomic mass is 32.2. The van der Waals surface area contributed by atoms with E-state index in [9.17, 15) is 21.6 Å². The number of aldehydes is 1. The van der Waals surface area contributed by atoms with E-state index in [1.165, 1.54) is 14.1 Å². The van der Waals surface area contributed by atoms with Crippen LogP contribution in [0.4, 0.5) is 0 Å². The maximum Gasteiger partial charge on any atom is 0.241 e. The predicted octanol–water partition coefficient (Wildman–Crippen LogP) is -0.685. The molecule has 0 heterocycles. The van der Waals surface area contributed by atoms with Gasteiger partial charge in [-0.15, -0.1) is 0 Å². The van der Waals surface area contributed by atoms with Crippen molar-refractivity contribution in [3.05, 3.63) is 23.8 Å². The molecule has 0 aliphatic heterocycles. The lowest BCUT2D eigenvalue weighted by Crippen LogP contribution is -2.22. The minimum Gasteiger partial charge on any atom is -0.298 e. The van der Waals surface area contributed by atoms with E-state index in [-0.39, 0.29) is 15.4 Å². The number of rotatable bonds is 5. The molecule has 0 spiro atoms. The monoisotopic (exact) mass is 292 g/mol. The Kier molecular flexibility index (Phi) is 4.22. The molecule has 1 aromatic carbocycles. The smallest absolute Gasteiger partial charge is 0.241 e. The Morgan fingerprint density at radius 2 is 1.56 bits per heavy atom. The van der Waals surface area contributed by atoms with E-state index in [1.807, 2.05) is 4.72 Å². The fourth-order valence-electron chi connectivity index (χ4n) is 1.24. The van der Waals surface area contributed by atoms with Gasteiger partial charge < -0.3 is 0 Å². The van der Waals surface area contributed by atoms with Gasteiger partial charge in [-0.05, 0) is 32.3 Å². The van der Waals surface area contributed by atoms with Gasteiger partial charge in [0.1, 0.15) is 0 Å². The molecule has 0 aromatic heterocycles. The molecule has 0 radical (unpaired) electrons. The molecule has 0 aliphatic rings. The van der Waals surface area contributed by atoms with Crippen molar-refractivity contribution in [2.75, 3.05) is 14.1 Å². The zero-order valence-corrected chi connectivity index (χ0v) is 11.3. The predicted molar refractivity (Wildman–Crippen MR) is 64.3 cm³/mol. The first-order chi connectivity index (χ1) is 8.28. The van der Waals surface area contributed by atoms with Crippen LogP contribution < -0.4 is 9.44 Å². The Hall–Kier alpha value is -1.29. The molecule has 100 valence electrons. The summed E-state index contributed by atoms with van der Waals surface area (Å²) < 4.78 is 50.5. The van der Waals surface area contributed by atoms with Crippen molar-refractivity contribution in [3.8, 4) is 0 Å². The van der Waals surface area contributed by atoms with Crippen LogP contribution in [0.5, 0.6) is 0 Å². The molecule has 7 nitrogen and oxygen atoms in total. The average Bonchev–Trinajstić information content (AvgIpc) is 2.37. The van der Waals surface area contributed by atoms with Crippen molar-refractivity contribution in [3.63, 3.8) is 0 Å². The SMILES string of the molecule is CNS(=O)(=O)c1ccc(C=O)c(S(=O)(=O)NC)c1. The summed E-state index contributed by atoms with van der Waals surface area (Å²) in [6, 6.07) is 3.23. The summed E-state index contributed by atoms with van der Waals surface area (Å²) >= 11 is 0. The van der Waals surface area contributed by atoms with Crippen LogP contribution in [0.3, 0.4) is 0 Å². The summed E-state index contributed by atoms with van der Waals surface area (Å²) in [5.41, 5.74) is -0.112. The fraction of sp³-hybridized carbons (Fsp3) is 0.222. The second kappa shape index (κ2) is 5.14. The summed E-state index contributed by atoms with van der Waals surface area (Å²) in [4.78, 5) is 10.2. The molecule has 0 unspecified atom stereocenters. The maximum atomic E-state index is 11.7. The maximum absolute atomic E-state index is 11.7. The van der Waals surface area contributed by atoms with Gasteiger partial charge in [0.2, 0.25) is 20.0 Å². The third-order valence-electron chi connectivity index (χ3n) is 2.25. The van der Waals surface area contributed by atoms with Crippen LogP contribution in [0.25, 0.3) is 0 Å². The topological polar surface area (TPSA) is 109 Å². The van der Waals surface area contributed by atoms with Gasteiger partial charge in [-0.25, -0.2) is 26.3 Å². The van der Waals surface area contributed by atoms with Gasteiger partial charge in [-0.1, -0.05) is 0 Å². The van der Waals surface area contributed by atoms with Gasteiger partial charge in [-0.2, -0.15) is 0 Å². The summed E-state index contributed by atoms with van der Waals surface area (Å²) in [7, 11) is -5.30. The normalized spacial score (nSPS) is 12.3. The lowest BCUT2D eigenvalue weighted by Gasteiger charge is -2.08. The number of hydrogen-bond acceptors (Lipinski definition) is 5. The van der Waals surface area contributed by atoms with E-state index in [1.54, 1.807) is 0 Å². The van der Waals surface area contributed by atoms with Gasteiger partial charge >= 0.3 is 0 Å². The lowest BCUT2D eigenvalue weighted by atomic mass is 10.2. The number of carbonyl (C=O) groups is 1. The molecule has 0 fully saturated rings. The molecule has 0 saturated carbocycles. The highest BCUT2D eigenvalue weighted by Crippen LogP contribution is 2.19. The van der Waals surface area contributed by atoms with Gasteiger partial charge in [0.05, 0.1) is 9.79 Å². The molecule has 18 heavy (non-hydrogen) atoms. The first-order valence-electron chi connectivity index (χ1n) is 4.75. The second-order valence-corrected chi connectivity index (χ2v) is 6.97. The molecule has 0 saturated heterocycles. The van der Waals surface area contributed by atoms with Crippen molar-refractivity contribution in [2.24, 2.45) is 0 Å². The van der Waals surface area contributed by atoms with Crippen molar-refractivity contribution >= 4 is 26.3 Å². The van der Waals surface area contributed by atoms with Crippen molar-refractivity contribution in [1.29, 1.82) is 0 Å². The minimum absolute atomic E-state index is 0.112. The number of benzene rings is 1. The van der Waals surface area contributed by atoms with Gasteiger partial charge in [0, 0.05) is 5.56 Å². The van der Waals surface area contributed by atoms with Crippen molar-refractivity contribution < 1.29 is 21.6 Å². The first-order valence-corrected chi connectivity index (χ1v) is 7.71. The van der Waals surface area contributed by atoms with E-state index in [0.29, 0.717) is 6.29 Å². The Bertz CT molecular complexity index is 664. The van der Waals surface area contributed by atoms with Crippen LogP contribution in [0.1, 0.15) is 10.4 Å². The van der Waals surface area contributed by atoms with E-state index < -0.39 is 20.0 Å². The molecular weight excluding hydrogens is 280 g/mol. The Morgan fingerprint density at radius 1 is 1.00 bits per heavy atom. The summed E-state index contributed by atoms with van der Waals surface area (Å²) in [5.74, 6) is 0. The summed E-state index contributed by atoms with van der Waals surface area (Å²) in [6.07, 6.45) is 0.347. The zero-order valence-electron chi connectivity index (χ0n) is 9.67. The fourth-order valence-corrected chi connectivity index (χ4v) is 3.00. The number of nitrogens with one attached hydrogen (secondary N) is 2. The standard InChI is InChI=1S/C9H12N2O5S2/c1-10-17(13,14)8-4-3-7(6-12)9(5-8)18(15,16)11-2/h3-6,10-11H,1-2H3. The quantitative estimate of drug-likeness (QED) is 0.698. The van der Waals surface area contributed by atoms with Crippen LogP contribution in [0.2, 0.25) is 0 Å². The van der Waals surface area contributed by atoms with Crippen LogP contribution in [0, 0.1) is 0 Å². The molecular formula is C9H12N2O5S2. The van der Waals surface area contributed by atoms with Gasteiger partial charge in [0.25, 0.3) is 0 Å². The molecule has 0 aliphatic carbocycles. The third kappa shape index (κ3) is 2.75. The van der Waals surface area contributed by atoms with Crippen molar-refractivity contribution in [2.45, 2.75) is 9.79 Å². The Labute approximate surface area is 105 Å². The summed E-state index contributed by atoms with van der Waals surface area (Å²) in [6.45, 7) is 0. The first kappa shape index (κ1) is 14.8. The Morgan fingerprint density at radius 3 is 2.00 bits per heavy atom. The van der Waals surface area contributed by atoms with Gasteiger partial charge in [0.15, 0.2) is 6.29 Å². The number of sulfonamides is 2. The van der Waals surface area contributed by atoms with E-state index in [4.69, 9.17) is 0 Å².